The highest BCUT2D eigenvalue weighted by Gasteiger charge is 2.43. The van der Waals surface area contributed by atoms with Crippen LogP contribution < -0.4 is 0 Å². The van der Waals surface area contributed by atoms with Crippen LogP contribution >= 0.6 is 11.6 Å². The highest BCUT2D eigenvalue weighted by atomic mass is 35.5. The molecule has 0 N–H and O–H groups in total. The van der Waals surface area contributed by atoms with Crippen LogP contribution in [-0.4, -0.2) is 40.5 Å². The molecule has 1 aromatic heterocycles. The van der Waals surface area contributed by atoms with Gasteiger partial charge < -0.3 is 9.64 Å². The van der Waals surface area contributed by atoms with Crippen molar-refractivity contribution in [2.24, 2.45) is 11.8 Å². The fourth-order valence-corrected chi connectivity index (χ4v) is 4.44. The first-order chi connectivity index (χ1) is 13.0. The maximum absolute atomic E-state index is 12.7. The molecule has 0 bridgehead atoms. The number of rotatable bonds is 4. The van der Waals surface area contributed by atoms with E-state index in [1.165, 1.54) is 11.5 Å². The summed E-state index contributed by atoms with van der Waals surface area (Å²) in [6.07, 6.45) is 5.47. The molecule has 0 spiro atoms. The summed E-state index contributed by atoms with van der Waals surface area (Å²) in [5.41, 5.74) is 1.58. The van der Waals surface area contributed by atoms with E-state index in [1.807, 2.05) is 29.2 Å². The summed E-state index contributed by atoms with van der Waals surface area (Å²) in [4.78, 5) is 26.0. The molecular formula is C21H23ClN2O3. The number of amides is 1. The zero-order valence-corrected chi connectivity index (χ0v) is 16.1. The van der Waals surface area contributed by atoms with Crippen molar-refractivity contribution >= 4 is 23.4 Å². The molecule has 6 heteroatoms. The number of benzene rings is 1. The van der Waals surface area contributed by atoms with Gasteiger partial charge in [0.25, 0.3) is 0 Å². The second-order valence-corrected chi connectivity index (χ2v) is 7.97. The summed E-state index contributed by atoms with van der Waals surface area (Å²) in [5.74, 6) is 0.930. The number of fused-ring (bicyclic) bond motifs is 1. The summed E-state index contributed by atoms with van der Waals surface area (Å²) < 4.78 is 7.60. The number of likely N-dealkylation sites (tertiary alicyclic amines) is 1. The Kier molecular flexibility index (Phi) is 5.06. The standard InChI is InChI=1S/C21H23ClN2O3/c1-14(25)15-6-7-23(10-15)21(26)24-11-17-8-19(9-18(17)12-24)27-13-16-4-2-3-5-20(16)22/h2-7,10,17-19H,8-9,11-13H2,1H3/t17-,18+,19?. The average Bonchev–Trinajstić information content (AvgIpc) is 3.35. The Morgan fingerprint density at radius 1 is 1.15 bits per heavy atom. The molecule has 3 atom stereocenters. The van der Waals surface area contributed by atoms with Crippen molar-refractivity contribution in [1.29, 1.82) is 0 Å². The van der Waals surface area contributed by atoms with Gasteiger partial charge in [0.2, 0.25) is 0 Å². The van der Waals surface area contributed by atoms with E-state index in [1.54, 1.807) is 18.5 Å². The minimum absolute atomic E-state index is 0.0293. The number of ether oxygens (including phenoxy) is 1. The zero-order chi connectivity index (χ0) is 19.0. The van der Waals surface area contributed by atoms with Crippen molar-refractivity contribution in [3.05, 3.63) is 58.9 Å². The molecule has 2 aliphatic rings. The molecule has 2 heterocycles. The monoisotopic (exact) mass is 386 g/mol. The average molecular weight is 387 g/mol. The van der Waals surface area contributed by atoms with Crippen molar-refractivity contribution < 1.29 is 14.3 Å². The van der Waals surface area contributed by atoms with Crippen molar-refractivity contribution in [3.63, 3.8) is 0 Å². The second-order valence-electron chi connectivity index (χ2n) is 7.57. The number of Topliss-reactive ketones (excluding diaryl/α,β-unsaturated/α-hetero) is 1. The van der Waals surface area contributed by atoms with Crippen molar-refractivity contribution in [2.75, 3.05) is 13.1 Å². The van der Waals surface area contributed by atoms with Gasteiger partial charge in [-0.15, -0.1) is 0 Å². The van der Waals surface area contributed by atoms with E-state index in [9.17, 15) is 9.59 Å². The van der Waals surface area contributed by atoms with Gasteiger partial charge in [0, 0.05) is 36.1 Å². The number of nitrogens with zero attached hydrogens (tertiary/aromatic N) is 2. The summed E-state index contributed by atoms with van der Waals surface area (Å²) in [6, 6.07) is 9.40. The number of aromatic nitrogens is 1. The lowest BCUT2D eigenvalue weighted by Gasteiger charge is -2.20. The Labute approximate surface area is 163 Å². The summed E-state index contributed by atoms with van der Waals surface area (Å²) in [5, 5.41) is 0.740. The van der Waals surface area contributed by atoms with Gasteiger partial charge in [0.1, 0.15) is 0 Å². The van der Waals surface area contributed by atoms with Crippen LogP contribution in [0.2, 0.25) is 5.02 Å². The lowest BCUT2D eigenvalue weighted by atomic mass is 10.0. The van der Waals surface area contributed by atoms with Gasteiger partial charge in [-0.05, 0) is 49.3 Å². The highest BCUT2D eigenvalue weighted by molar-refractivity contribution is 6.31. The van der Waals surface area contributed by atoms with Gasteiger partial charge in [-0.3, -0.25) is 9.36 Å². The molecule has 1 saturated carbocycles. The molecule has 27 heavy (non-hydrogen) atoms. The van der Waals surface area contributed by atoms with Gasteiger partial charge in [0.05, 0.1) is 12.7 Å². The Morgan fingerprint density at radius 2 is 1.85 bits per heavy atom. The topological polar surface area (TPSA) is 51.5 Å². The summed E-state index contributed by atoms with van der Waals surface area (Å²) in [7, 11) is 0. The molecule has 1 aliphatic heterocycles. The van der Waals surface area contributed by atoms with Crippen LogP contribution in [0.4, 0.5) is 4.79 Å². The van der Waals surface area contributed by atoms with E-state index in [0.29, 0.717) is 24.0 Å². The molecule has 1 saturated heterocycles. The normalized spacial score (nSPS) is 24.2. The quantitative estimate of drug-likeness (QED) is 0.738. The van der Waals surface area contributed by atoms with E-state index in [0.717, 1.165) is 36.5 Å². The molecule has 142 valence electrons. The van der Waals surface area contributed by atoms with Crippen LogP contribution in [0, 0.1) is 11.8 Å². The first-order valence-corrected chi connectivity index (χ1v) is 9.72. The third kappa shape index (κ3) is 3.80. The van der Waals surface area contributed by atoms with Crippen molar-refractivity contribution in [3.8, 4) is 0 Å². The fourth-order valence-electron chi connectivity index (χ4n) is 4.25. The highest BCUT2D eigenvalue weighted by Crippen LogP contribution is 2.40. The van der Waals surface area contributed by atoms with Gasteiger partial charge >= 0.3 is 6.03 Å². The molecule has 4 rings (SSSR count). The Hall–Kier alpha value is -2.11. The van der Waals surface area contributed by atoms with Gasteiger partial charge in [-0.25, -0.2) is 4.79 Å². The smallest absolute Gasteiger partial charge is 0.328 e. The molecule has 5 nitrogen and oxygen atoms in total. The molecule has 1 amide bonds. The van der Waals surface area contributed by atoms with E-state index >= 15 is 0 Å². The first kappa shape index (κ1) is 18.3. The summed E-state index contributed by atoms with van der Waals surface area (Å²) in [6.45, 7) is 3.54. The Bertz CT molecular complexity index is 849. The number of ketones is 1. The van der Waals surface area contributed by atoms with E-state index in [4.69, 9.17) is 16.3 Å². The van der Waals surface area contributed by atoms with Crippen LogP contribution in [0.5, 0.6) is 0 Å². The Balaban J connectivity index is 1.31. The van der Waals surface area contributed by atoms with E-state index in [-0.39, 0.29) is 17.9 Å². The zero-order valence-electron chi connectivity index (χ0n) is 15.3. The number of carbonyl (C=O) groups excluding carboxylic acids is 2. The minimum Gasteiger partial charge on any atom is -0.373 e. The lowest BCUT2D eigenvalue weighted by Crippen LogP contribution is -2.33. The van der Waals surface area contributed by atoms with Crippen molar-refractivity contribution in [2.45, 2.75) is 32.5 Å². The third-order valence-corrected chi connectivity index (χ3v) is 6.10. The maximum atomic E-state index is 12.7. The van der Waals surface area contributed by atoms with Crippen LogP contribution in [0.25, 0.3) is 0 Å². The third-order valence-electron chi connectivity index (χ3n) is 5.73. The second kappa shape index (κ2) is 7.49. The predicted molar refractivity (Wildman–Crippen MR) is 103 cm³/mol. The molecule has 1 aliphatic carbocycles. The van der Waals surface area contributed by atoms with Crippen LogP contribution in [0.15, 0.2) is 42.7 Å². The minimum atomic E-state index is -0.0505. The molecule has 1 aromatic carbocycles. The van der Waals surface area contributed by atoms with E-state index < -0.39 is 0 Å². The number of hydrogen-bond donors (Lipinski definition) is 0. The van der Waals surface area contributed by atoms with Crippen molar-refractivity contribution in [1.82, 2.24) is 9.47 Å². The molecule has 1 unspecified atom stereocenters. The largest absolute Gasteiger partial charge is 0.373 e. The molecule has 2 aromatic rings. The van der Waals surface area contributed by atoms with Crippen LogP contribution in [0.1, 0.15) is 35.7 Å². The first-order valence-electron chi connectivity index (χ1n) is 9.34. The number of hydrogen-bond acceptors (Lipinski definition) is 3. The van der Waals surface area contributed by atoms with Gasteiger partial charge in [0.15, 0.2) is 5.78 Å². The van der Waals surface area contributed by atoms with Gasteiger partial charge in [-0.1, -0.05) is 29.8 Å². The number of halogens is 1. The molecule has 0 radical (unpaired) electrons. The fraction of sp³-hybridized carbons (Fsp3) is 0.429. The van der Waals surface area contributed by atoms with E-state index in [2.05, 4.69) is 0 Å². The van der Waals surface area contributed by atoms with Crippen LogP contribution in [0.3, 0.4) is 0 Å². The van der Waals surface area contributed by atoms with Crippen LogP contribution in [-0.2, 0) is 11.3 Å². The maximum Gasteiger partial charge on any atom is 0.328 e. The molecule has 2 fully saturated rings. The molecular weight excluding hydrogens is 364 g/mol. The summed E-state index contributed by atoms with van der Waals surface area (Å²) >= 11 is 6.19. The lowest BCUT2D eigenvalue weighted by molar-refractivity contribution is 0.0384. The predicted octanol–water partition coefficient (Wildman–Crippen LogP) is 4.24. The number of carbonyl (C=O) groups is 2. The Morgan fingerprint density at radius 3 is 2.48 bits per heavy atom. The SMILES string of the molecule is CC(=O)c1ccn(C(=O)N2C[C@H]3CC(OCc4ccccc4Cl)C[C@H]3C2)c1. The van der Waals surface area contributed by atoms with Gasteiger partial charge in [-0.2, -0.15) is 0 Å².